The van der Waals surface area contributed by atoms with Crippen molar-refractivity contribution >= 4 is 41.4 Å². The van der Waals surface area contributed by atoms with Crippen LogP contribution in [0.4, 0.5) is 0 Å². The third-order valence-corrected chi connectivity index (χ3v) is 5.73. The number of thioether (sulfide) groups is 1. The standard InChI is InChI=1S/C20H36N4O8S/c1-5-10(2)15(23-17(28)12(21)6-7-14(26)27)18(29)24-16(11(3)25)19(30)22-13(20(31)32)8-9-33-4/h10-13,15-16,25H,5-9,21H2,1-4H3,(H,22,30)(H,23,28)(H,24,29)(H,26,27)(H,31,32). The van der Waals surface area contributed by atoms with E-state index in [0.29, 0.717) is 12.2 Å². The SMILES string of the molecule is CCC(C)C(NC(=O)C(N)CCC(=O)O)C(=O)NC(C(=O)NC(CCSC)C(=O)O)C(C)O. The van der Waals surface area contributed by atoms with Gasteiger partial charge in [-0.15, -0.1) is 0 Å². The lowest BCUT2D eigenvalue weighted by Crippen LogP contribution is -2.61. The van der Waals surface area contributed by atoms with Crippen molar-refractivity contribution in [2.75, 3.05) is 12.0 Å². The molecule has 0 fully saturated rings. The number of amides is 3. The van der Waals surface area contributed by atoms with E-state index in [0.717, 1.165) is 0 Å². The molecule has 33 heavy (non-hydrogen) atoms. The van der Waals surface area contributed by atoms with Crippen LogP contribution in [-0.2, 0) is 24.0 Å². The molecule has 13 heteroatoms. The summed E-state index contributed by atoms with van der Waals surface area (Å²) >= 11 is 1.41. The normalized spacial score (nSPS) is 16.4. The fourth-order valence-electron chi connectivity index (χ4n) is 2.78. The highest BCUT2D eigenvalue weighted by Gasteiger charge is 2.34. The van der Waals surface area contributed by atoms with E-state index in [-0.39, 0.29) is 25.2 Å². The molecule has 0 saturated carbocycles. The van der Waals surface area contributed by atoms with Gasteiger partial charge in [0.05, 0.1) is 12.1 Å². The van der Waals surface area contributed by atoms with Crippen molar-refractivity contribution in [3.63, 3.8) is 0 Å². The third-order valence-electron chi connectivity index (χ3n) is 5.09. The zero-order chi connectivity index (χ0) is 25.7. The van der Waals surface area contributed by atoms with Crippen LogP contribution in [0.1, 0.15) is 46.5 Å². The van der Waals surface area contributed by atoms with E-state index in [9.17, 15) is 34.2 Å². The molecule has 0 saturated heterocycles. The van der Waals surface area contributed by atoms with Crippen molar-refractivity contribution < 1.29 is 39.3 Å². The van der Waals surface area contributed by atoms with E-state index in [1.54, 1.807) is 20.1 Å². The van der Waals surface area contributed by atoms with Crippen LogP contribution in [0.5, 0.6) is 0 Å². The molecular formula is C20H36N4O8S. The molecule has 0 radical (unpaired) electrons. The quantitative estimate of drug-likeness (QED) is 0.138. The van der Waals surface area contributed by atoms with Crippen molar-refractivity contribution in [1.29, 1.82) is 0 Å². The van der Waals surface area contributed by atoms with E-state index in [2.05, 4.69) is 16.0 Å². The highest BCUT2D eigenvalue weighted by atomic mass is 32.2. The Hall–Kier alpha value is -2.38. The summed E-state index contributed by atoms with van der Waals surface area (Å²) < 4.78 is 0. The van der Waals surface area contributed by atoms with Gasteiger partial charge < -0.3 is 37.0 Å². The Kier molecular flexibility index (Phi) is 14.3. The predicted octanol–water partition coefficient (Wildman–Crippen LogP) is -1.10. The lowest BCUT2D eigenvalue weighted by Gasteiger charge is -2.28. The number of rotatable bonds is 16. The van der Waals surface area contributed by atoms with Crippen molar-refractivity contribution in [2.24, 2.45) is 11.7 Å². The molecule has 0 aromatic heterocycles. The van der Waals surface area contributed by atoms with Gasteiger partial charge in [0, 0.05) is 6.42 Å². The summed E-state index contributed by atoms with van der Waals surface area (Å²) in [6.07, 6.45) is 0.625. The van der Waals surface area contributed by atoms with Crippen LogP contribution < -0.4 is 21.7 Å². The van der Waals surface area contributed by atoms with Gasteiger partial charge in [0.1, 0.15) is 18.1 Å². The van der Waals surface area contributed by atoms with Gasteiger partial charge in [-0.1, -0.05) is 20.3 Å². The van der Waals surface area contributed by atoms with Gasteiger partial charge in [-0.05, 0) is 37.7 Å². The maximum absolute atomic E-state index is 12.9. The first-order valence-corrected chi connectivity index (χ1v) is 12.0. The number of carboxylic acids is 2. The summed E-state index contributed by atoms with van der Waals surface area (Å²) in [5.74, 6) is -4.62. The number of carbonyl (C=O) groups is 5. The summed E-state index contributed by atoms with van der Waals surface area (Å²) in [6, 6.07) is -4.92. The summed E-state index contributed by atoms with van der Waals surface area (Å²) in [6.45, 7) is 4.73. The minimum atomic E-state index is -1.46. The largest absolute Gasteiger partial charge is 0.481 e. The first kappa shape index (κ1) is 30.6. The molecule has 6 atom stereocenters. The minimum absolute atomic E-state index is 0.124. The first-order chi connectivity index (χ1) is 15.3. The van der Waals surface area contributed by atoms with Gasteiger partial charge in [-0.2, -0.15) is 11.8 Å². The molecule has 6 unspecified atom stereocenters. The number of aliphatic carboxylic acids is 2. The summed E-state index contributed by atoms with van der Waals surface area (Å²) in [5.41, 5.74) is 5.71. The van der Waals surface area contributed by atoms with Gasteiger partial charge in [0.2, 0.25) is 17.7 Å². The van der Waals surface area contributed by atoms with Crippen LogP contribution in [-0.4, -0.2) is 87.3 Å². The van der Waals surface area contributed by atoms with Crippen LogP contribution in [0, 0.1) is 5.92 Å². The lowest BCUT2D eigenvalue weighted by atomic mass is 9.97. The summed E-state index contributed by atoms with van der Waals surface area (Å²) in [7, 11) is 0. The van der Waals surface area contributed by atoms with E-state index >= 15 is 0 Å². The summed E-state index contributed by atoms with van der Waals surface area (Å²) in [5, 5.41) is 35.3. The monoisotopic (exact) mass is 492 g/mol. The molecule has 8 N–H and O–H groups in total. The molecule has 0 aromatic carbocycles. The van der Waals surface area contributed by atoms with E-state index in [4.69, 9.17) is 10.8 Å². The molecule has 12 nitrogen and oxygen atoms in total. The number of carboxylic acid groups (broad SMARTS) is 2. The predicted molar refractivity (Wildman–Crippen MR) is 122 cm³/mol. The van der Waals surface area contributed by atoms with E-state index < -0.39 is 59.9 Å². The Bertz CT molecular complexity index is 691. The van der Waals surface area contributed by atoms with Crippen molar-refractivity contribution in [3.8, 4) is 0 Å². The van der Waals surface area contributed by atoms with Crippen LogP contribution in [0.2, 0.25) is 0 Å². The molecule has 0 spiro atoms. The number of hydrogen-bond donors (Lipinski definition) is 7. The molecule has 190 valence electrons. The molecule has 0 aliphatic rings. The summed E-state index contributed by atoms with van der Waals surface area (Å²) in [4.78, 5) is 60.0. The number of aliphatic hydroxyl groups is 1. The average Bonchev–Trinajstić information content (AvgIpc) is 2.75. The van der Waals surface area contributed by atoms with Gasteiger partial charge in [-0.25, -0.2) is 4.79 Å². The topological polar surface area (TPSA) is 208 Å². The van der Waals surface area contributed by atoms with Gasteiger partial charge in [0.25, 0.3) is 0 Å². The fraction of sp³-hybridized carbons (Fsp3) is 0.750. The lowest BCUT2D eigenvalue weighted by molar-refractivity contribution is -0.143. The number of carbonyl (C=O) groups excluding carboxylic acids is 3. The fourth-order valence-corrected chi connectivity index (χ4v) is 3.25. The molecule has 0 rings (SSSR count). The Morgan fingerprint density at radius 1 is 0.909 bits per heavy atom. The maximum Gasteiger partial charge on any atom is 0.326 e. The average molecular weight is 493 g/mol. The highest BCUT2D eigenvalue weighted by Crippen LogP contribution is 2.10. The van der Waals surface area contributed by atoms with Crippen LogP contribution in [0.15, 0.2) is 0 Å². The Balaban J connectivity index is 5.40. The zero-order valence-corrected chi connectivity index (χ0v) is 20.2. The van der Waals surface area contributed by atoms with Gasteiger partial charge >= 0.3 is 11.9 Å². The van der Waals surface area contributed by atoms with Crippen molar-refractivity contribution in [3.05, 3.63) is 0 Å². The molecule has 0 bridgehead atoms. The van der Waals surface area contributed by atoms with E-state index in [1.807, 2.05) is 0 Å². The second-order valence-corrected chi connectivity index (χ2v) is 8.80. The molecule has 3 amide bonds. The van der Waals surface area contributed by atoms with Gasteiger partial charge in [-0.3, -0.25) is 19.2 Å². The first-order valence-electron chi connectivity index (χ1n) is 10.6. The molecule has 0 aliphatic heterocycles. The third kappa shape index (κ3) is 11.3. The number of aliphatic hydroxyl groups excluding tert-OH is 1. The second kappa shape index (κ2) is 15.5. The van der Waals surface area contributed by atoms with Crippen LogP contribution in [0.25, 0.3) is 0 Å². The molecular weight excluding hydrogens is 456 g/mol. The number of nitrogens with one attached hydrogen (secondary N) is 3. The highest BCUT2D eigenvalue weighted by molar-refractivity contribution is 7.98. The van der Waals surface area contributed by atoms with Crippen molar-refractivity contribution in [1.82, 2.24) is 16.0 Å². The van der Waals surface area contributed by atoms with E-state index in [1.165, 1.54) is 18.7 Å². The van der Waals surface area contributed by atoms with Gasteiger partial charge in [0.15, 0.2) is 0 Å². The van der Waals surface area contributed by atoms with Crippen LogP contribution in [0.3, 0.4) is 0 Å². The number of hydrogen-bond acceptors (Lipinski definition) is 8. The Morgan fingerprint density at radius 3 is 1.91 bits per heavy atom. The maximum atomic E-state index is 12.9. The Labute approximate surface area is 197 Å². The Morgan fingerprint density at radius 2 is 1.45 bits per heavy atom. The van der Waals surface area contributed by atoms with Crippen LogP contribution >= 0.6 is 11.8 Å². The molecule has 0 aromatic rings. The molecule has 0 heterocycles. The smallest absolute Gasteiger partial charge is 0.326 e. The second-order valence-electron chi connectivity index (χ2n) is 7.82. The number of nitrogens with two attached hydrogens (primary N) is 1. The van der Waals surface area contributed by atoms with Crippen molar-refractivity contribution in [2.45, 2.75) is 76.7 Å². The molecule has 0 aliphatic carbocycles. The zero-order valence-electron chi connectivity index (χ0n) is 19.4. The minimum Gasteiger partial charge on any atom is -0.481 e.